The Bertz CT molecular complexity index is 937. The summed E-state index contributed by atoms with van der Waals surface area (Å²) < 4.78 is 6.67. The molecule has 1 saturated carbocycles. The lowest BCUT2D eigenvalue weighted by molar-refractivity contribution is -0.147. The number of esters is 1. The van der Waals surface area contributed by atoms with E-state index in [1.165, 1.54) is 18.2 Å². The van der Waals surface area contributed by atoms with Gasteiger partial charge in [0.2, 0.25) is 0 Å². The van der Waals surface area contributed by atoms with Gasteiger partial charge in [-0.2, -0.15) is 0 Å². The van der Waals surface area contributed by atoms with E-state index in [2.05, 4.69) is 43.4 Å². The number of fused-ring (bicyclic) bond motifs is 1. The van der Waals surface area contributed by atoms with Gasteiger partial charge in [-0.1, -0.05) is 46.2 Å². The number of rotatable bonds is 5. The predicted molar refractivity (Wildman–Crippen MR) is 114 cm³/mol. The SMILES string of the molecule is O=C(CSc1ncnc2scc(-c3ccc(Br)cc3)c12)OC1CCCCC1. The van der Waals surface area contributed by atoms with E-state index in [0.29, 0.717) is 0 Å². The standard InChI is InChI=1S/C20H19BrN2O2S2/c21-14-8-6-13(7-9-14)16-10-26-19-18(16)20(23-12-22-19)27-11-17(24)25-15-4-2-1-3-5-15/h6-10,12,15H,1-5,11H2. The van der Waals surface area contributed by atoms with E-state index in [4.69, 9.17) is 4.74 Å². The Hall–Kier alpha value is -1.44. The molecule has 1 aliphatic rings. The highest BCUT2D eigenvalue weighted by atomic mass is 79.9. The first-order chi connectivity index (χ1) is 13.2. The Labute approximate surface area is 174 Å². The van der Waals surface area contributed by atoms with Crippen molar-refractivity contribution in [1.82, 2.24) is 9.97 Å². The van der Waals surface area contributed by atoms with Crippen LogP contribution in [0.3, 0.4) is 0 Å². The minimum Gasteiger partial charge on any atom is -0.462 e. The lowest BCUT2D eigenvalue weighted by atomic mass is 9.98. The normalized spacial score (nSPS) is 15.1. The summed E-state index contributed by atoms with van der Waals surface area (Å²) in [6.45, 7) is 0. The molecule has 4 nitrogen and oxygen atoms in total. The molecule has 3 aromatic rings. The van der Waals surface area contributed by atoms with Crippen molar-refractivity contribution in [1.29, 1.82) is 0 Å². The zero-order chi connectivity index (χ0) is 18.6. The Morgan fingerprint density at radius 2 is 1.96 bits per heavy atom. The fraction of sp³-hybridized carbons (Fsp3) is 0.350. The van der Waals surface area contributed by atoms with E-state index in [1.54, 1.807) is 17.7 Å². The molecule has 0 spiro atoms. The van der Waals surface area contributed by atoms with E-state index in [0.717, 1.165) is 56.5 Å². The molecular weight excluding hydrogens is 444 g/mol. The van der Waals surface area contributed by atoms with Crippen LogP contribution in [0.15, 0.2) is 45.5 Å². The maximum atomic E-state index is 12.3. The van der Waals surface area contributed by atoms with Gasteiger partial charge in [0.15, 0.2) is 0 Å². The first-order valence-electron chi connectivity index (χ1n) is 9.01. The molecule has 1 aromatic carbocycles. The fourth-order valence-electron chi connectivity index (χ4n) is 3.33. The van der Waals surface area contributed by atoms with E-state index in [1.807, 2.05) is 12.1 Å². The molecule has 0 saturated heterocycles. The monoisotopic (exact) mass is 462 g/mol. The van der Waals surface area contributed by atoms with Gasteiger partial charge in [-0.05, 0) is 43.4 Å². The van der Waals surface area contributed by atoms with E-state index >= 15 is 0 Å². The highest BCUT2D eigenvalue weighted by molar-refractivity contribution is 9.10. The van der Waals surface area contributed by atoms with Crippen LogP contribution in [0, 0.1) is 0 Å². The molecule has 1 fully saturated rings. The quantitative estimate of drug-likeness (QED) is 0.260. The van der Waals surface area contributed by atoms with Crippen LogP contribution in [0.1, 0.15) is 32.1 Å². The number of nitrogens with zero attached hydrogens (tertiary/aromatic N) is 2. The molecular formula is C20H19BrN2O2S2. The Kier molecular flexibility index (Phi) is 6.10. The molecule has 27 heavy (non-hydrogen) atoms. The second-order valence-corrected chi connectivity index (χ2v) is 9.29. The summed E-state index contributed by atoms with van der Waals surface area (Å²) >= 11 is 6.51. The van der Waals surface area contributed by atoms with Gasteiger partial charge in [-0.15, -0.1) is 11.3 Å². The smallest absolute Gasteiger partial charge is 0.316 e. The van der Waals surface area contributed by atoms with Gasteiger partial charge in [0.1, 0.15) is 22.3 Å². The number of aromatic nitrogens is 2. The van der Waals surface area contributed by atoms with Crippen LogP contribution in [0.2, 0.25) is 0 Å². The summed E-state index contributed by atoms with van der Waals surface area (Å²) in [6.07, 6.45) is 7.21. The van der Waals surface area contributed by atoms with Crippen molar-refractivity contribution < 1.29 is 9.53 Å². The fourth-order valence-corrected chi connectivity index (χ4v) is 5.37. The minimum absolute atomic E-state index is 0.0942. The molecule has 4 rings (SSSR count). The van der Waals surface area contributed by atoms with Crippen molar-refractivity contribution in [3.63, 3.8) is 0 Å². The topological polar surface area (TPSA) is 52.1 Å². The molecule has 140 valence electrons. The van der Waals surface area contributed by atoms with Crippen LogP contribution in [0.25, 0.3) is 21.3 Å². The van der Waals surface area contributed by atoms with Gasteiger partial charge in [0.05, 0.1) is 11.1 Å². The lowest BCUT2D eigenvalue weighted by Crippen LogP contribution is -2.21. The second-order valence-electron chi connectivity index (χ2n) is 6.55. The molecule has 2 aromatic heterocycles. The van der Waals surface area contributed by atoms with Gasteiger partial charge >= 0.3 is 5.97 Å². The number of benzene rings is 1. The van der Waals surface area contributed by atoms with Crippen LogP contribution < -0.4 is 0 Å². The summed E-state index contributed by atoms with van der Waals surface area (Å²) in [6, 6.07) is 8.20. The molecule has 1 aliphatic carbocycles. The molecule has 0 amide bonds. The molecule has 0 unspecified atom stereocenters. The van der Waals surface area contributed by atoms with Crippen LogP contribution in [-0.2, 0) is 9.53 Å². The molecule has 0 bridgehead atoms. The predicted octanol–water partition coefficient (Wildman–Crippen LogP) is 6.09. The van der Waals surface area contributed by atoms with Crippen LogP contribution in [0.5, 0.6) is 0 Å². The number of hydrogen-bond acceptors (Lipinski definition) is 6. The summed E-state index contributed by atoms with van der Waals surface area (Å²) in [7, 11) is 0. The third-order valence-corrected chi connectivity index (χ3v) is 7.05. The third-order valence-electron chi connectivity index (χ3n) is 4.67. The Morgan fingerprint density at radius 3 is 2.74 bits per heavy atom. The maximum absolute atomic E-state index is 12.3. The number of carbonyl (C=O) groups excluding carboxylic acids is 1. The summed E-state index contributed by atoms with van der Waals surface area (Å²) in [5, 5.41) is 3.95. The number of hydrogen-bond donors (Lipinski definition) is 0. The second kappa shape index (κ2) is 8.71. The molecule has 7 heteroatoms. The zero-order valence-corrected chi connectivity index (χ0v) is 17.9. The Balaban J connectivity index is 1.52. The summed E-state index contributed by atoms with van der Waals surface area (Å²) in [4.78, 5) is 22.0. The maximum Gasteiger partial charge on any atom is 0.316 e. The van der Waals surface area contributed by atoms with Crippen molar-refractivity contribution in [3.8, 4) is 11.1 Å². The Morgan fingerprint density at radius 1 is 1.19 bits per heavy atom. The molecule has 0 N–H and O–H groups in total. The zero-order valence-electron chi connectivity index (χ0n) is 14.7. The van der Waals surface area contributed by atoms with Gasteiger partial charge in [0, 0.05) is 15.4 Å². The van der Waals surface area contributed by atoms with Gasteiger partial charge in [-0.3, -0.25) is 4.79 Å². The highest BCUT2D eigenvalue weighted by Crippen LogP contribution is 2.38. The first kappa shape index (κ1) is 18.9. The number of thioether (sulfide) groups is 1. The number of thiophene rings is 1. The lowest BCUT2D eigenvalue weighted by Gasteiger charge is -2.21. The van der Waals surface area contributed by atoms with E-state index in [-0.39, 0.29) is 17.8 Å². The number of ether oxygens (including phenoxy) is 1. The van der Waals surface area contributed by atoms with Gasteiger partial charge in [0.25, 0.3) is 0 Å². The third kappa shape index (κ3) is 4.52. The van der Waals surface area contributed by atoms with Crippen molar-refractivity contribution in [2.45, 2.75) is 43.2 Å². The summed E-state index contributed by atoms with van der Waals surface area (Å²) in [5.74, 6) is 0.122. The average Bonchev–Trinajstić information content (AvgIpc) is 3.12. The summed E-state index contributed by atoms with van der Waals surface area (Å²) in [5.41, 5.74) is 2.22. The first-order valence-corrected chi connectivity index (χ1v) is 11.7. The molecule has 0 aliphatic heterocycles. The van der Waals surface area contributed by atoms with Gasteiger partial charge < -0.3 is 4.74 Å². The molecule has 0 radical (unpaired) electrons. The van der Waals surface area contributed by atoms with E-state index in [9.17, 15) is 4.79 Å². The van der Waals surface area contributed by atoms with Crippen molar-refractivity contribution in [2.75, 3.05) is 5.75 Å². The molecule has 2 heterocycles. The highest BCUT2D eigenvalue weighted by Gasteiger charge is 2.19. The van der Waals surface area contributed by atoms with Crippen LogP contribution in [-0.4, -0.2) is 27.8 Å². The van der Waals surface area contributed by atoms with Crippen molar-refractivity contribution >= 4 is 55.2 Å². The average molecular weight is 463 g/mol. The van der Waals surface area contributed by atoms with Crippen molar-refractivity contribution in [2.24, 2.45) is 0 Å². The number of carbonyl (C=O) groups is 1. The van der Waals surface area contributed by atoms with Crippen molar-refractivity contribution in [3.05, 3.63) is 40.4 Å². The largest absolute Gasteiger partial charge is 0.462 e. The van der Waals surface area contributed by atoms with E-state index < -0.39 is 0 Å². The number of halogens is 1. The minimum atomic E-state index is -0.154. The van der Waals surface area contributed by atoms with Crippen LogP contribution >= 0.6 is 39.0 Å². The van der Waals surface area contributed by atoms with Gasteiger partial charge in [-0.25, -0.2) is 9.97 Å². The van der Waals surface area contributed by atoms with Crippen LogP contribution in [0.4, 0.5) is 0 Å². The molecule has 0 atom stereocenters.